The van der Waals surface area contributed by atoms with E-state index in [-0.39, 0.29) is 11.1 Å². The van der Waals surface area contributed by atoms with Gasteiger partial charge in [0, 0.05) is 16.8 Å². The fourth-order valence-corrected chi connectivity index (χ4v) is 3.09. The zero-order valence-corrected chi connectivity index (χ0v) is 15.9. The Kier molecular flexibility index (Phi) is 5.21. The number of halogens is 2. The maximum atomic E-state index is 13.1. The molecule has 0 unspecified atom stereocenters. The minimum absolute atomic E-state index is 0.184. The summed E-state index contributed by atoms with van der Waals surface area (Å²) in [5, 5.41) is 3.62. The van der Waals surface area contributed by atoms with Gasteiger partial charge in [0.25, 0.3) is 5.56 Å². The SMILES string of the molecule is COC(=O)c1ccc(C=O)cc1-c1c(C)[nH]n(-c2ccc(Cl)c(Cl)c2)c1=O. The highest BCUT2D eigenvalue weighted by Gasteiger charge is 2.21. The van der Waals surface area contributed by atoms with E-state index in [9.17, 15) is 14.4 Å². The molecule has 0 atom stereocenters. The van der Waals surface area contributed by atoms with Gasteiger partial charge in [-0.25, -0.2) is 9.48 Å². The molecule has 27 heavy (non-hydrogen) atoms. The first-order valence-corrected chi connectivity index (χ1v) is 8.58. The van der Waals surface area contributed by atoms with Crippen molar-refractivity contribution in [1.29, 1.82) is 0 Å². The molecule has 1 N–H and O–H groups in total. The molecule has 0 radical (unpaired) electrons. The van der Waals surface area contributed by atoms with Gasteiger partial charge in [0.05, 0.1) is 34.0 Å². The Morgan fingerprint density at radius 3 is 2.52 bits per heavy atom. The van der Waals surface area contributed by atoms with Crippen molar-refractivity contribution >= 4 is 35.5 Å². The molecule has 138 valence electrons. The number of aryl methyl sites for hydroxylation is 1. The number of aldehydes is 1. The predicted octanol–water partition coefficient (Wildman–Crippen LogP) is 4.05. The minimum atomic E-state index is -0.608. The molecule has 0 spiro atoms. The smallest absolute Gasteiger partial charge is 0.338 e. The third-order valence-electron chi connectivity index (χ3n) is 4.09. The van der Waals surface area contributed by atoms with E-state index in [0.29, 0.717) is 38.8 Å². The second kappa shape index (κ2) is 7.42. The molecule has 0 fully saturated rings. The Bertz CT molecular complexity index is 1120. The molecular formula is C19H14Cl2N2O4. The maximum Gasteiger partial charge on any atom is 0.338 e. The minimum Gasteiger partial charge on any atom is -0.465 e. The lowest BCUT2D eigenvalue weighted by molar-refractivity contribution is 0.0601. The van der Waals surface area contributed by atoms with Crippen molar-refractivity contribution in [3.63, 3.8) is 0 Å². The van der Waals surface area contributed by atoms with Crippen LogP contribution in [0.1, 0.15) is 26.4 Å². The number of aromatic amines is 1. The quantitative estimate of drug-likeness (QED) is 0.525. The van der Waals surface area contributed by atoms with Gasteiger partial charge in [0.1, 0.15) is 6.29 Å². The van der Waals surface area contributed by atoms with Crippen LogP contribution in [0.25, 0.3) is 16.8 Å². The lowest BCUT2D eigenvalue weighted by Gasteiger charge is -2.07. The third-order valence-corrected chi connectivity index (χ3v) is 4.83. The number of hydrogen-bond donors (Lipinski definition) is 1. The first-order chi connectivity index (χ1) is 12.9. The van der Waals surface area contributed by atoms with Gasteiger partial charge in [-0.2, -0.15) is 0 Å². The molecule has 3 aromatic rings. The van der Waals surface area contributed by atoms with E-state index in [4.69, 9.17) is 27.9 Å². The third kappa shape index (κ3) is 3.41. The number of aromatic nitrogens is 2. The first kappa shape index (κ1) is 18.9. The largest absolute Gasteiger partial charge is 0.465 e. The average Bonchev–Trinajstić information content (AvgIpc) is 2.97. The van der Waals surface area contributed by atoms with E-state index in [1.165, 1.54) is 30.0 Å². The van der Waals surface area contributed by atoms with Crippen molar-refractivity contribution in [3.05, 3.63) is 73.6 Å². The van der Waals surface area contributed by atoms with Crippen molar-refractivity contribution in [1.82, 2.24) is 9.78 Å². The number of carbonyl (C=O) groups is 2. The second-order valence-corrected chi connectivity index (χ2v) is 6.58. The molecule has 1 aromatic heterocycles. The van der Waals surface area contributed by atoms with Crippen molar-refractivity contribution < 1.29 is 14.3 Å². The van der Waals surface area contributed by atoms with Crippen LogP contribution in [-0.4, -0.2) is 29.1 Å². The standard InChI is InChI=1S/C19H14Cl2N2O4/c1-10-17(14-7-11(9-24)3-5-13(14)19(26)27-2)18(25)23(22-10)12-4-6-15(20)16(21)8-12/h3-9,22H,1-2H3. The fourth-order valence-electron chi connectivity index (χ4n) is 2.80. The summed E-state index contributed by atoms with van der Waals surface area (Å²) < 4.78 is 6.09. The monoisotopic (exact) mass is 404 g/mol. The highest BCUT2D eigenvalue weighted by atomic mass is 35.5. The molecule has 0 saturated carbocycles. The zero-order valence-electron chi connectivity index (χ0n) is 14.4. The van der Waals surface area contributed by atoms with E-state index in [2.05, 4.69) is 5.10 Å². The summed E-state index contributed by atoms with van der Waals surface area (Å²) in [6, 6.07) is 9.19. The van der Waals surface area contributed by atoms with Crippen molar-refractivity contribution in [2.75, 3.05) is 7.11 Å². The van der Waals surface area contributed by atoms with Gasteiger partial charge in [-0.15, -0.1) is 0 Å². The lowest BCUT2D eigenvalue weighted by Crippen LogP contribution is -2.16. The van der Waals surface area contributed by atoms with Crippen LogP contribution in [-0.2, 0) is 4.74 Å². The van der Waals surface area contributed by atoms with Crippen LogP contribution < -0.4 is 5.56 Å². The Balaban J connectivity index is 2.26. The summed E-state index contributed by atoms with van der Waals surface area (Å²) in [4.78, 5) is 36.4. The van der Waals surface area contributed by atoms with E-state index in [1.54, 1.807) is 25.1 Å². The lowest BCUT2D eigenvalue weighted by atomic mass is 9.98. The Labute approximate surface area is 164 Å². The molecule has 0 aliphatic rings. The number of methoxy groups -OCH3 is 1. The van der Waals surface area contributed by atoms with Crippen LogP contribution in [0.5, 0.6) is 0 Å². The number of hydrogen-bond acceptors (Lipinski definition) is 4. The molecule has 2 aromatic carbocycles. The van der Waals surface area contributed by atoms with Crippen LogP contribution in [0.3, 0.4) is 0 Å². The van der Waals surface area contributed by atoms with Gasteiger partial charge in [-0.3, -0.25) is 14.7 Å². The molecule has 3 rings (SSSR count). The fraction of sp³-hybridized carbons (Fsp3) is 0.105. The predicted molar refractivity (Wildman–Crippen MR) is 103 cm³/mol. The molecule has 6 nitrogen and oxygen atoms in total. The summed E-state index contributed by atoms with van der Waals surface area (Å²) in [7, 11) is 1.25. The second-order valence-electron chi connectivity index (χ2n) is 5.77. The zero-order chi connectivity index (χ0) is 19.7. The van der Waals surface area contributed by atoms with Crippen LogP contribution >= 0.6 is 23.2 Å². The number of nitrogens with zero attached hydrogens (tertiary/aromatic N) is 1. The molecular weight excluding hydrogens is 391 g/mol. The van der Waals surface area contributed by atoms with Gasteiger partial charge < -0.3 is 4.74 Å². The molecule has 1 heterocycles. The normalized spacial score (nSPS) is 10.7. The molecule has 0 aliphatic carbocycles. The number of H-pyrrole nitrogens is 1. The number of carbonyl (C=O) groups excluding carboxylic acids is 2. The molecule has 0 aliphatic heterocycles. The average molecular weight is 405 g/mol. The molecule has 0 bridgehead atoms. The Hall–Kier alpha value is -2.83. The van der Waals surface area contributed by atoms with Gasteiger partial charge in [0.2, 0.25) is 0 Å². The van der Waals surface area contributed by atoms with E-state index in [0.717, 1.165) is 0 Å². The topological polar surface area (TPSA) is 81.2 Å². The van der Waals surface area contributed by atoms with Gasteiger partial charge in [0.15, 0.2) is 0 Å². The van der Waals surface area contributed by atoms with E-state index < -0.39 is 11.5 Å². The van der Waals surface area contributed by atoms with Crippen LogP contribution in [0.2, 0.25) is 10.0 Å². The van der Waals surface area contributed by atoms with Gasteiger partial charge in [-0.05, 0) is 37.3 Å². The summed E-state index contributed by atoms with van der Waals surface area (Å²) >= 11 is 12.0. The van der Waals surface area contributed by atoms with Crippen LogP contribution in [0.15, 0.2) is 41.2 Å². The number of rotatable bonds is 4. The highest BCUT2D eigenvalue weighted by molar-refractivity contribution is 6.42. The summed E-state index contributed by atoms with van der Waals surface area (Å²) in [5.74, 6) is -0.608. The Morgan fingerprint density at radius 1 is 1.15 bits per heavy atom. The molecule has 8 heteroatoms. The van der Waals surface area contributed by atoms with E-state index in [1.807, 2.05) is 0 Å². The number of ether oxygens (including phenoxy) is 1. The van der Waals surface area contributed by atoms with E-state index >= 15 is 0 Å². The number of nitrogens with one attached hydrogen (secondary N) is 1. The summed E-state index contributed by atoms with van der Waals surface area (Å²) in [5.41, 5.74) is 1.67. The highest BCUT2D eigenvalue weighted by Crippen LogP contribution is 2.27. The van der Waals surface area contributed by atoms with Gasteiger partial charge >= 0.3 is 5.97 Å². The van der Waals surface area contributed by atoms with Gasteiger partial charge in [-0.1, -0.05) is 29.3 Å². The molecule has 0 saturated heterocycles. The van der Waals surface area contributed by atoms with Crippen LogP contribution in [0.4, 0.5) is 0 Å². The van der Waals surface area contributed by atoms with Crippen molar-refractivity contribution in [3.8, 4) is 16.8 Å². The number of esters is 1. The molecule has 0 amide bonds. The first-order valence-electron chi connectivity index (χ1n) is 7.82. The van der Waals surface area contributed by atoms with Crippen LogP contribution in [0, 0.1) is 6.92 Å². The maximum absolute atomic E-state index is 13.1. The van der Waals surface area contributed by atoms with Crippen molar-refractivity contribution in [2.24, 2.45) is 0 Å². The number of benzene rings is 2. The Morgan fingerprint density at radius 2 is 1.89 bits per heavy atom. The summed E-state index contributed by atoms with van der Waals surface area (Å²) in [6.45, 7) is 1.69. The summed E-state index contributed by atoms with van der Waals surface area (Å²) in [6.07, 6.45) is 0.643. The van der Waals surface area contributed by atoms with Crippen molar-refractivity contribution in [2.45, 2.75) is 6.92 Å².